The molecule has 1 atom stereocenters. The fraction of sp³-hybridized carbons (Fsp3) is 0.714. The molecule has 1 aliphatic rings. The van der Waals surface area contributed by atoms with Gasteiger partial charge in [0.1, 0.15) is 17.5 Å². The zero-order valence-electron chi connectivity index (χ0n) is 12.3. The van der Waals surface area contributed by atoms with Crippen LogP contribution < -0.4 is 10.6 Å². The predicted octanol–water partition coefficient (Wildman–Crippen LogP) is 2.11. The average molecular weight is 264 g/mol. The van der Waals surface area contributed by atoms with Crippen molar-refractivity contribution in [1.29, 1.82) is 0 Å². The topological polar surface area (TPSA) is 64.3 Å². The summed E-state index contributed by atoms with van der Waals surface area (Å²) in [5.41, 5.74) is 7.00. The zero-order chi connectivity index (χ0) is 14.0. The molecule has 0 radical (unpaired) electrons. The maximum Gasteiger partial charge on any atom is 0.137 e. The lowest BCUT2D eigenvalue weighted by atomic mass is 10.2. The van der Waals surface area contributed by atoms with Crippen molar-refractivity contribution in [2.45, 2.75) is 46.1 Å². The van der Waals surface area contributed by atoms with E-state index < -0.39 is 0 Å². The minimum absolute atomic E-state index is 0.223. The highest BCUT2D eigenvalue weighted by Crippen LogP contribution is 2.25. The Morgan fingerprint density at radius 3 is 2.79 bits per heavy atom. The van der Waals surface area contributed by atoms with Gasteiger partial charge in [0.25, 0.3) is 0 Å². The first-order chi connectivity index (χ1) is 8.99. The Labute approximate surface area is 115 Å². The van der Waals surface area contributed by atoms with Crippen molar-refractivity contribution in [1.82, 2.24) is 9.97 Å². The van der Waals surface area contributed by atoms with Gasteiger partial charge in [0.2, 0.25) is 0 Å². The van der Waals surface area contributed by atoms with Crippen LogP contribution in [0.1, 0.15) is 44.5 Å². The highest BCUT2D eigenvalue weighted by molar-refractivity contribution is 5.56. The van der Waals surface area contributed by atoms with Gasteiger partial charge in [-0.3, -0.25) is 0 Å². The molecule has 1 unspecified atom stereocenters. The molecule has 19 heavy (non-hydrogen) atoms. The number of nitrogen functional groups attached to an aromatic ring is 1. The van der Waals surface area contributed by atoms with Crippen LogP contribution in [0.4, 0.5) is 11.6 Å². The second-order valence-electron chi connectivity index (χ2n) is 5.55. The Bertz CT molecular complexity index is 447. The molecule has 0 aliphatic carbocycles. The molecule has 5 nitrogen and oxygen atoms in total. The summed E-state index contributed by atoms with van der Waals surface area (Å²) in [6, 6.07) is 0. The molecule has 2 rings (SSSR count). The first kappa shape index (κ1) is 14.1. The van der Waals surface area contributed by atoms with Gasteiger partial charge < -0.3 is 15.4 Å². The maximum absolute atomic E-state index is 6.03. The summed E-state index contributed by atoms with van der Waals surface area (Å²) < 4.78 is 5.69. The number of anilines is 2. The number of hydrogen-bond acceptors (Lipinski definition) is 5. The Morgan fingerprint density at radius 1 is 1.37 bits per heavy atom. The third-order valence-electron chi connectivity index (χ3n) is 3.44. The molecule has 2 N–H and O–H groups in total. The molecule has 2 heterocycles. The van der Waals surface area contributed by atoms with Gasteiger partial charge in [0, 0.05) is 31.2 Å². The first-order valence-corrected chi connectivity index (χ1v) is 6.99. The van der Waals surface area contributed by atoms with Gasteiger partial charge in [0.15, 0.2) is 0 Å². The highest BCUT2D eigenvalue weighted by atomic mass is 16.5. The fourth-order valence-electron chi connectivity index (χ4n) is 2.29. The molecular weight excluding hydrogens is 240 g/mol. The van der Waals surface area contributed by atoms with Gasteiger partial charge >= 0.3 is 0 Å². The highest BCUT2D eigenvalue weighted by Gasteiger charge is 2.20. The van der Waals surface area contributed by atoms with Gasteiger partial charge in [-0.25, -0.2) is 9.97 Å². The number of hydrogen-bond donors (Lipinski definition) is 1. The van der Waals surface area contributed by atoms with E-state index in [0.29, 0.717) is 5.82 Å². The number of aromatic nitrogens is 2. The molecule has 1 fully saturated rings. The van der Waals surface area contributed by atoms with Crippen LogP contribution in [0, 0.1) is 6.92 Å². The number of nitrogens with two attached hydrogens (primary N) is 1. The summed E-state index contributed by atoms with van der Waals surface area (Å²) in [5, 5.41) is 0. The summed E-state index contributed by atoms with van der Waals surface area (Å²) in [6.07, 6.45) is 1.24. The maximum atomic E-state index is 6.03. The molecule has 1 aromatic rings. The van der Waals surface area contributed by atoms with Gasteiger partial charge in [-0.05, 0) is 20.3 Å². The number of ether oxygens (including phenoxy) is 1. The van der Waals surface area contributed by atoms with Crippen LogP contribution in [0.25, 0.3) is 0 Å². The molecule has 0 spiro atoms. The van der Waals surface area contributed by atoms with Crippen molar-refractivity contribution in [3.05, 3.63) is 11.4 Å². The van der Waals surface area contributed by atoms with E-state index in [0.717, 1.165) is 43.3 Å². The minimum atomic E-state index is 0.223. The fourth-order valence-corrected chi connectivity index (χ4v) is 2.29. The molecule has 1 aliphatic heterocycles. The normalized spacial score (nSPS) is 20.7. The summed E-state index contributed by atoms with van der Waals surface area (Å²) in [5.74, 6) is 2.65. The average Bonchev–Trinajstić information content (AvgIpc) is 2.57. The molecule has 0 amide bonds. The predicted molar refractivity (Wildman–Crippen MR) is 77.5 cm³/mol. The van der Waals surface area contributed by atoms with E-state index in [1.54, 1.807) is 0 Å². The standard InChI is InChI=1S/C14H24N4O/c1-9(2)13-16-12(15)11(4)14(17-13)18-6-5-7-19-10(3)8-18/h9-10H,5-8H2,1-4H3,(H2,15,16,17). The van der Waals surface area contributed by atoms with Crippen LogP contribution in [0.3, 0.4) is 0 Å². The van der Waals surface area contributed by atoms with E-state index in [1.807, 2.05) is 6.92 Å². The lowest BCUT2D eigenvalue weighted by Gasteiger charge is -2.26. The summed E-state index contributed by atoms with van der Waals surface area (Å²) in [6.45, 7) is 10.9. The first-order valence-electron chi connectivity index (χ1n) is 6.99. The third-order valence-corrected chi connectivity index (χ3v) is 3.44. The van der Waals surface area contributed by atoms with E-state index in [1.165, 1.54) is 0 Å². The Hall–Kier alpha value is -1.36. The smallest absolute Gasteiger partial charge is 0.137 e. The minimum Gasteiger partial charge on any atom is -0.383 e. The lowest BCUT2D eigenvalue weighted by Crippen LogP contribution is -2.32. The molecule has 0 aromatic carbocycles. The van der Waals surface area contributed by atoms with Crippen LogP contribution in [0.2, 0.25) is 0 Å². The van der Waals surface area contributed by atoms with Crippen LogP contribution in [0.15, 0.2) is 0 Å². The van der Waals surface area contributed by atoms with Crippen LogP contribution >= 0.6 is 0 Å². The quantitative estimate of drug-likeness (QED) is 0.886. The van der Waals surface area contributed by atoms with E-state index in [2.05, 4.69) is 30.7 Å². The van der Waals surface area contributed by atoms with Crippen LogP contribution in [0.5, 0.6) is 0 Å². The summed E-state index contributed by atoms with van der Waals surface area (Å²) in [7, 11) is 0. The van der Waals surface area contributed by atoms with E-state index in [9.17, 15) is 0 Å². The van der Waals surface area contributed by atoms with Gasteiger partial charge in [-0.1, -0.05) is 13.8 Å². The largest absolute Gasteiger partial charge is 0.383 e. The number of nitrogens with zero attached hydrogens (tertiary/aromatic N) is 3. The third kappa shape index (κ3) is 3.15. The lowest BCUT2D eigenvalue weighted by molar-refractivity contribution is 0.0820. The Balaban J connectivity index is 2.36. The van der Waals surface area contributed by atoms with Crippen LogP contribution in [-0.2, 0) is 4.74 Å². The Morgan fingerprint density at radius 2 is 2.11 bits per heavy atom. The van der Waals surface area contributed by atoms with Crippen molar-refractivity contribution >= 4 is 11.6 Å². The molecule has 1 saturated heterocycles. The molecule has 0 bridgehead atoms. The van der Waals surface area contributed by atoms with Crippen molar-refractivity contribution in [3.63, 3.8) is 0 Å². The van der Waals surface area contributed by atoms with Crippen molar-refractivity contribution in [3.8, 4) is 0 Å². The van der Waals surface area contributed by atoms with Crippen molar-refractivity contribution in [2.24, 2.45) is 0 Å². The SMILES string of the molecule is Cc1c(N)nc(C(C)C)nc1N1CCCOC(C)C1. The molecule has 106 valence electrons. The van der Waals surface area contributed by atoms with Crippen molar-refractivity contribution < 1.29 is 4.74 Å². The zero-order valence-corrected chi connectivity index (χ0v) is 12.3. The van der Waals surface area contributed by atoms with Gasteiger partial charge in [-0.15, -0.1) is 0 Å². The molecule has 0 saturated carbocycles. The number of rotatable bonds is 2. The van der Waals surface area contributed by atoms with E-state index >= 15 is 0 Å². The molecular formula is C14H24N4O. The molecule has 1 aromatic heterocycles. The van der Waals surface area contributed by atoms with E-state index in [-0.39, 0.29) is 12.0 Å². The summed E-state index contributed by atoms with van der Waals surface area (Å²) in [4.78, 5) is 11.4. The van der Waals surface area contributed by atoms with Gasteiger partial charge in [-0.2, -0.15) is 0 Å². The van der Waals surface area contributed by atoms with E-state index in [4.69, 9.17) is 15.5 Å². The molecule has 5 heteroatoms. The van der Waals surface area contributed by atoms with Crippen LogP contribution in [-0.4, -0.2) is 35.8 Å². The second-order valence-corrected chi connectivity index (χ2v) is 5.55. The Kier molecular flexibility index (Phi) is 4.24. The second kappa shape index (κ2) is 5.74. The van der Waals surface area contributed by atoms with Crippen molar-refractivity contribution in [2.75, 3.05) is 30.3 Å². The summed E-state index contributed by atoms with van der Waals surface area (Å²) >= 11 is 0. The van der Waals surface area contributed by atoms with Gasteiger partial charge in [0.05, 0.1) is 6.10 Å². The monoisotopic (exact) mass is 264 g/mol.